The van der Waals surface area contributed by atoms with E-state index in [2.05, 4.69) is 31.5 Å². The third-order valence-electron chi connectivity index (χ3n) is 3.55. The number of aryl methyl sites for hydroxylation is 1. The van der Waals surface area contributed by atoms with Gasteiger partial charge in [0.05, 0.1) is 17.1 Å². The van der Waals surface area contributed by atoms with Gasteiger partial charge in [-0.1, -0.05) is 15.9 Å². The molecule has 0 fully saturated rings. The van der Waals surface area contributed by atoms with Crippen LogP contribution >= 0.6 is 38.6 Å². The zero-order valence-electron chi connectivity index (χ0n) is 14.4. The molecule has 0 saturated heterocycles. The van der Waals surface area contributed by atoms with Crippen LogP contribution in [0.15, 0.2) is 34.8 Å². The summed E-state index contributed by atoms with van der Waals surface area (Å²) in [5.74, 6) is -0.993. The first kappa shape index (κ1) is 19.7. The van der Waals surface area contributed by atoms with Gasteiger partial charge < -0.3 is 5.32 Å². The number of thiophene rings is 1. The van der Waals surface area contributed by atoms with E-state index in [0.717, 1.165) is 20.3 Å². The van der Waals surface area contributed by atoms with E-state index >= 15 is 0 Å². The molecule has 0 aliphatic carbocycles. The van der Waals surface area contributed by atoms with Gasteiger partial charge in [0.15, 0.2) is 5.13 Å². The lowest BCUT2D eigenvalue weighted by Gasteiger charge is -2.02. The summed E-state index contributed by atoms with van der Waals surface area (Å²) >= 11 is 6.07. The third-order valence-corrected chi connectivity index (χ3v) is 5.98. The van der Waals surface area contributed by atoms with Gasteiger partial charge in [-0.15, -0.1) is 22.7 Å². The van der Waals surface area contributed by atoms with E-state index < -0.39 is 11.7 Å². The number of carbonyl (C=O) groups excluding carboxylic acids is 2. The number of hydrogen-bond acceptors (Lipinski definition) is 5. The molecule has 2 heterocycles. The Balaban J connectivity index is 1.76. The van der Waals surface area contributed by atoms with Gasteiger partial charge in [0, 0.05) is 26.7 Å². The highest BCUT2D eigenvalue weighted by Gasteiger charge is 2.15. The third kappa shape index (κ3) is 5.00. The lowest BCUT2D eigenvalue weighted by Crippen LogP contribution is -2.17. The monoisotopic (exact) mass is 467 g/mol. The number of amides is 2. The Morgan fingerprint density at radius 3 is 2.70 bits per heavy atom. The SMILES string of the molecule is CC(=O)NCc1ccc(-c2nc(NC(=O)c3cc(F)cc(Br)c3)sc2C)s1. The molecule has 9 heteroatoms. The minimum Gasteiger partial charge on any atom is -0.351 e. The first-order valence-electron chi connectivity index (χ1n) is 7.90. The van der Waals surface area contributed by atoms with E-state index in [1.54, 1.807) is 6.07 Å². The normalized spacial score (nSPS) is 10.7. The fraction of sp³-hybridized carbons (Fsp3) is 0.167. The number of carbonyl (C=O) groups is 2. The van der Waals surface area contributed by atoms with E-state index in [0.29, 0.717) is 16.1 Å². The Labute approximate surface area is 171 Å². The summed E-state index contributed by atoms with van der Waals surface area (Å²) < 4.78 is 14.0. The molecule has 0 aliphatic rings. The number of halogens is 2. The molecule has 5 nitrogen and oxygen atoms in total. The van der Waals surface area contributed by atoms with Gasteiger partial charge in [-0.05, 0) is 37.3 Å². The van der Waals surface area contributed by atoms with Crippen molar-refractivity contribution in [1.82, 2.24) is 10.3 Å². The number of anilines is 1. The molecule has 3 aromatic rings. The number of nitrogens with one attached hydrogen (secondary N) is 2. The van der Waals surface area contributed by atoms with Crippen molar-refractivity contribution in [3.05, 3.63) is 55.9 Å². The molecule has 2 amide bonds. The van der Waals surface area contributed by atoms with E-state index in [4.69, 9.17) is 0 Å². The second-order valence-corrected chi connectivity index (χ2v) is 9.00. The van der Waals surface area contributed by atoms with Crippen LogP contribution in [0.1, 0.15) is 27.0 Å². The maximum atomic E-state index is 13.5. The molecule has 0 radical (unpaired) electrons. The van der Waals surface area contributed by atoms with Gasteiger partial charge in [-0.2, -0.15) is 0 Å². The maximum Gasteiger partial charge on any atom is 0.257 e. The van der Waals surface area contributed by atoms with Crippen LogP contribution in [0, 0.1) is 12.7 Å². The van der Waals surface area contributed by atoms with Gasteiger partial charge in [-0.3, -0.25) is 14.9 Å². The summed E-state index contributed by atoms with van der Waals surface area (Å²) in [5, 5.41) is 5.93. The van der Waals surface area contributed by atoms with Crippen molar-refractivity contribution in [3.63, 3.8) is 0 Å². The molecular weight excluding hydrogens is 453 g/mol. The first-order chi connectivity index (χ1) is 12.8. The highest BCUT2D eigenvalue weighted by atomic mass is 79.9. The predicted molar refractivity (Wildman–Crippen MR) is 110 cm³/mol. The smallest absolute Gasteiger partial charge is 0.257 e. The zero-order valence-corrected chi connectivity index (χ0v) is 17.6. The molecule has 0 aliphatic heterocycles. The van der Waals surface area contributed by atoms with Crippen molar-refractivity contribution >= 4 is 55.5 Å². The van der Waals surface area contributed by atoms with E-state index in [9.17, 15) is 14.0 Å². The molecule has 0 spiro atoms. The molecule has 0 atom stereocenters. The summed E-state index contributed by atoms with van der Waals surface area (Å²) in [5.41, 5.74) is 1.000. The van der Waals surface area contributed by atoms with Crippen LogP contribution in [-0.2, 0) is 11.3 Å². The zero-order chi connectivity index (χ0) is 19.6. The highest BCUT2D eigenvalue weighted by molar-refractivity contribution is 9.10. The number of aromatic nitrogens is 1. The number of rotatable bonds is 5. The van der Waals surface area contributed by atoms with Gasteiger partial charge in [-0.25, -0.2) is 9.37 Å². The Hall–Kier alpha value is -2.10. The van der Waals surface area contributed by atoms with Crippen molar-refractivity contribution < 1.29 is 14.0 Å². The predicted octanol–water partition coefficient (Wildman–Crippen LogP) is 4.97. The fourth-order valence-corrected chi connectivity index (χ4v) is 4.69. The lowest BCUT2D eigenvalue weighted by molar-refractivity contribution is -0.119. The molecule has 27 heavy (non-hydrogen) atoms. The summed E-state index contributed by atoms with van der Waals surface area (Å²) in [6.07, 6.45) is 0. The Morgan fingerprint density at radius 2 is 2.00 bits per heavy atom. The van der Waals surface area contributed by atoms with Crippen LogP contribution in [-0.4, -0.2) is 16.8 Å². The van der Waals surface area contributed by atoms with Crippen LogP contribution < -0.4 is 10.6 Å². The maximum absolute atomic E-state index is 13.5. The van der Waals surface area contributed by atoms with Crippen LogP contribution in [0.4, 0.5) is 9.52 Å². The van der Waals surface area contributed by atoms with Crippen molar-refractivity contribution in [3.8, 4) is 10.6 Å². The average molecular weight is 468 g/mol. The topological polar surface area (TPSA) is 71.1 Å². The molecule has 140 valence electrons. The van der Waals surface area contributed by atoms with Crippen LogP contribution in [0.5, 0.6) is 0 Å². The number of thiazole rings is 1. The fourth-order valence-electron chi connectivity index (χ4n) is 2.34. The summed E-state index contributed by atoms with van der Waals surface area (Å²) in [7, 11) is 0. The largest absolute Gasteiger partial charge is 0.351 e. The molecule has 2 N–H and O–H groups in total. The minimum atomic E-state index is -0.490. The second kappa shape index (κ2) is 8.28. The standard InChI is InChI=1S/C18H15BrFN3O2S2/c1-9-16(15-4-3-14(27-15)8-21-10(2)24)22-18(26-9)23-17(25)11-5-12(19)7-13(20)6-11/h3-7H,8H2,1-2H3,(H,21,24)(H,22,23,25). The number of nitrogens with zero attached hydrogens (tertiary/aromatic N) is 1. The first-order valence-corrected chi connectivity index (χ1v) is 10.3. The van der Waals surface area contributed by atoms with Crippen LogP contribution in [0.3, 0.4) is 0 Å². The Morgan fingerprint density at radius 1 is 1.22 bits per heavy atom. The summed E-state index contributed by atoms with van der Waals surface area (Å²) in [6.45, 7) is 3.88. The van der Waals surface area contributed by atoms with Gasteiger partial charge >= 0.3 is 0 Å². The quantitative estimate of drug-likeness (QED) is 0.556. The van der Waals surface area contributed by atoms with Gasteiger partial charge in [0.25, 0.3) is 5.91 Å². The number of benzene rings is 1. The van der Waals surface area contributed by atoms with E-state index in [1.807, 2.05) is 19.1 Å². The summed E-state index contributed by atoms with van der Waals surface area (Å²) in [6, 6.07) is 7.90. The van der Waals surface area contributed by atoms with Crippen molar-refractivity contribution in [2.24, 2.45) is 0 Å². The van der Waals surface area contributed by atoms with Crippen molar-refractivity contribution in [2.75, 3.05) is 5.32 Å². The van der Waals surface area contributed by atoms with Crippen molar-refractivity contribution in [2.45, 2.75) is 20.4 Å². The summed E-state index contributed by atoms with van der Waals surface area (Å²) in [4.78, 5) is 30.8. The van der Waals surface area contributed by atoms with E-state index in [1.165, 1.54) is 41.7 Å². The number of hydrogen-bond donors (Lipinski definition) is 2. The van der Waals surface area contributed by atoms with Crippen LogP contribution in [0.25, 0.3) is 10.6 Å². The molecule has 1 aromatic carbocycles. The molecule has 3 rings (SSSR count). The van der Waals surface area contributed by atoms with Crippen LogP contribution in [0.2, 0.25) is 0 Å². The lowest BCUT2D eigenvalue weighted by atomic mass is 10.2. The molecule has 2 aromatic heterocycles. The van der Waals surface area contributed by atoms with Crippen molar-refractivity contribution in [1.29, 1.82) is 0 Å². The Bertz CT molecular complexity index is 996. The molecule has 0 unspecified atom stereocenters. The molecular formula is C18H15BrFN3O2S2. The second-order valence-electron chi connectivity index (χ2n) is 5.71. The van der Waals surface area contributed by atoms with Gasteiger partial charge in [0.1, 0.15) is 5.82 Å². The Kier molecular flexibility index (Phi) is 6.03. The molecule has 0 saturated carbocycles. The highest BCUT2D eigenvalue weighted by Crippen LogP contribution is 2.35. The average Bonchev–Trinajstić information content (AvgIpc) is 3.18. The molecule has 0 bridgehead atoms. The van der Waals surface area contributed by atoms with Gasteiger partial charge in [0.2, 0.25) is 5.91 Å². The minimum absolute atomic E-state index is 0.0798. The van der Waals surface area contributed by atoms with E-state index in [-0.39, 0.29) is 11.5 Å².